The number of carbonyl (C=O) groups is 1. The zero-order valence-electron chi connectivity index (χ0n) is 10.8. The molecule has 7 heteroatoms. The fraction of sp³-hybridized carbons (Fsp3) is 0.417. The lowest BCUT2D eigenvalue weighted by Crippen LogP contribution is -2.21. The van der Waals surface area contributed by atoms with Gasteiger partial charge in [-0.25, -0.2) is 4.68 Å². The minimum atomic E-state index is -0.866. The molecular weight excluding hydrogens is 246 g/mol. The number of pyridine rings is 1. The molecule has 19 heavy (non-hydrogen) atoms. The van der Waals surface area contributed by atoms with Crippen molar-refractivity contribution in [3.63, 3.8) is 0 Å². The summed E-state index contributed by atoms with van der Waals surface area (Å²) in [6.45, 7) is 3.90. The Morgan fingerprint density at radius 3 is 2.63 bits per heavy atom. The monoisotopic (exact) mass is 261 g/mol. The third-order valence-corrected chi connectivity index (χ3v) is 2.90. The predicted molar refractivity (Wildman–Crippen MR) is 67.2 cm³/mol. The molecular formula is C12H15N5O2. The minimum Gasteiger partial charge on any atom is -0.481 e. The molecule has 0 aliphatic rings. The van der Waals surface area contributed by atoms with Crippen molar-refractivity contribution in [3.8, 4) is 11.4 Å². The Morgan fingerprint density at radius 1 is 1.37 bits per heavy atom. The van der Waals surface area contributed by atoms with Crippen molar-refractivity contribution in [1.82, 2.24) is 25.2 Å². The van der Waals surface area contributed by atoms with Crippen molar-refractivity contribution in [2.45, 2.75) is 26.3 Å². The SMILES string of the molecule is CC(C)C(CC(=O)O)n1nnnc1-c1ccncc1. The van der Waals surface area contributed by atoms with Gasteiger partial charge in [-0.3, -0.25) is 9.78 Å². The second-order valence-electron chi connectivity index (χ2n) is 4.59. The van der Waals surface area contributed by atoms with Crippen molar-refractivity contribution >= 4 is 5.97 Å². The second kappa shape index (κ2) is 5.55. The van der Waals surface area contributed by atoms with Gasteiger partial charge in [0.15, 0.2) is 5.82 Å². The van der Waals surface area contributed by atoms with Gasteiger partial charge in [0.1, 0.15) is 0 Å². The summed E-state index contributed by atoms with van der Waals surface area (Å²) in [6.07, 6.45) is 3.28. The molecule has 1 atom stereocenters. The van der Waals surface area contributed by atoms with Crippen LogP contribution in [0.5, 0.6) is 0 Å². The maximum atomic E-state index is 11.0. The van der Waals surface area contributed by atoms with E-state index in [9.17, 15) is 4.79 Å². The Balaban J connectivity index is 2.39. The van der Waals surface area contributed by atoms with Gasteiger partial charge in [0.05, 0.1) is 12.5 Å². The molecule has 2 heterocycles. The number of carboxylic acids is 1. The number of hydrogen-bond donors (Lipinski definition) is 1. The first-order chi connectivity index (χ1) is 9.09. The molecule has 1 unspecified atom stereocenters. The molecule has 0 spiro atoms. The summed E-state index contributed by atoms with van der Waals surface area (Å²) in [5.41, 5.74) is 0.816. The highest BCUT2D eigenvalue weighted by Crippen LogP contribution is 2.25. The Bertz CT molecular complexity index is 552. The van der Waals surface area contributed by atoms with Crippen molar-refractivity contribution in [3.05, 3.63) is 24.5 Å². The van der Waals surface area contributed by atoms with Crippen LogP contribution in [0.2, 0.25) is 0 Å². The third kappa shape index (κ3) is 2.93. The Kier molecular flexibility index (Phi) is 3.84. The summed E-state index contributed by atoms with van der Waals surface area (Å²) in [6, 6.07) is 3.30. The number of aliphatic carboxylic acids is 1. The van der Waals surface area contributed by atoms with Gasteiger partial charge < -0.3 is 5.11 Å². The molecule has 0 aliphatic heterocycles. The van der Waals surface area contributed by atoms with Crippen LogP contribution >= 0.6 is 0 Å². The fourth-order valence-electron chi connectivity index (χ4n) is 1.89. The molecule has 0 amide bonds. The van der Waals surface area contributed by atoms with Crippen LogP contribution in [-0.4, -0.2) is 36.3 Å². The average molecular weight is 261 g/mol. The van der Waals surface area contributed by atoms with Crippen LogP contribution in [0, 0.1) is 5.92 Å². The van der Waals surface area contributed by atoms with E-state index in [2.05, 4.69) is 20.5 Å². The van der Waals surface area contributed by atoms with E-state index in [-0.39, 0.29) is 18.4 Å². The standard InChI is InChI=1S/C12H15N5O2/c1-8(2)10(7-11(18)19)17-12(14-15-16-17)9-3-5-13-6-4-9/h3-6,8,10H,7H2,1-2H3,(H,18,19). The van der Waals surface area contributed by atoms with Crippen LogP contribution in [0.1, 0.15) is 26.3 Å². The molecule has 0 bridgehead atoms. The van der Waals surface area contributed by atoms with Gasteiger partial charge in [-0.1, -0.05) is 13.8 Å². The molecule has 0 radical (unpaired) electrons. The molecule has 0 aromatic carbocycles. The van der Waals surface area contributed by atoms with Crippen LogP contribution in [-0.2, 0) is 4.79 Å². The molecule has 0 saturated carbocycles. The summed E-state index contributed by atoms with van der Waals surface area (Å²) in [5, 5.41) is 20.6. The van der Waals surface area contributed by atoms with Gasteiger partial charge in [0, 0.05) is 18.0 Å². The van der Waals surface area contributed by atoms with E-state index in [0.29, 0.717) is 5.82 Å². The van der Waals surface area contributed by atoms with Crippen LogP contribution in [0.15, 0.2) is 24.5 Å². The Labute approximate surface area is 110 Å². The Morgan fingerprint density at radius 2 is 2.05 bits per heavy atom. The highest BCUT2D eigenvalue weighted by atomic mass is 16.4. The van der Waals surface area contributed by atoms with Crippen LogP contribution < -0.4 is 0 Å². The quantitative estimate of drug-likeness (QED) is 0.874. The number of nitrogens with zero attached hydrogens (tertiary/aromatic N) is 5. The zero-order chi connectivity index (χ0) is 13.8. The van der Waals surface area contributed by atoms with Crippen LogP contribution in [0.25, 0.3) is 11.4 Å². The first kappa shape index (κ1) is 13.1. The maximum Gasteiger partial charge on any atom is 0.305 e. The summed E-state index contributed by atoms with van der Waals surface area (Å²) in [5.74, 6) is -0.197. The molecule has 0 saturated heterocycles. The fourth-order valence-corrected chi connectivity index (χ4v) is 1.89. The lowest BCUT2D eigenvalue weighted by molar-refractivity contribution is -0.138. The largest absolute Gasteiger partial charge is 0.481 e. The van der Waals surface area contributed by atoms with E-state index in [0.717, 1.165) is 5.56 Å². The van der Waals surface area contributed by atoms with Gasteiger partial charge >= 0.3 is 5.97 Å². The number of hydrogen-bond acceptors (Lipinski definition) is 5. The molecule has 1 N–H and O–H groups in total. The van der Waals surface area contributed by atoms with Crippen LogP contribution in [0.3, 0.4) is 0 Å². The summed E-state index contributed by atoms with van der Waals surface area (Å²) in [4.78, 5) is 14.9. The van der Waals surface area contributed by atoms with Gasteiger partial charge in [0.2, 0.25) is 0 Å². The number of aromatic nitrogens is 5. The Hall–Kier alpha value is -2.31. The predicted octanol–water partition coefficient (Wildman–Crippen LogP) is 1.41. The molecule has 100 valence electrons. The average Bonchev–Trinajstić information content (AvgIpc) is 2.85. The third-order valence-electron chi connectivity index (χ3n) is 2.90. The van der Waals surface area contributed by atoms with E-state index >= 15 is 0 Å². The minimum absolute atomic E-state index is 0.0131. The van der Waals surface area contributed by atoms with Crippen molar-refractivity contribution < 1.29 is 9.90 Å². The topological polar surface area (TPSA) is 93.8 Å². The summed E-state index contributed by atoms with van der Waals surface area (Å²) < 4.78 is 1.58. The first-order valence-electron chi connectivity index (χ1n) is 5.99. The number of rotatable bonds is 5. The zero-order valence-corrected chi connectivity index (χ0v) is 10.8. The van der Waals surface area contributed by atoms with E-state index < -0.39 is 5.97 Å². The molecule has 2 aromatic heterocycles. The number of tetrazole rings is 1. The lowest BCUT2D eigenvalue weighted by atomic mass is 10.0. The first-order valence-corrected chi connectivity index (χ1v) is 5.99. The molecule has 0 fully saturated rings. The molecule has 7 nitrogen and oxygen atoms in total. The van der Waals surface area contributed by atoms with Gasteiger partial charge in [0.25, 0.3) is 0 Å². The van der Waals surface area contributed by atoms with Crippen LogP contribution in [0.4, 0.5) is 0 Å². The van der Waals surface area contributed by atoms with E-state index in [1.807, 2.05) is 13.8 Å². The van der Waals surface area contributed by atoms with Crippen molar-refractivity contribution in [2.75, 3.05) is 0 Å². The summed E-state index contributed by atoms with van der Waals surface area (Å²) in [7, 11) is 0. The van der Waals surface area contributed by atoms with Crippen molar-refractivity contribution in [1.29, 1.82) is 0 Å². The van der Waals surface area contributed by atoms with Gasteiger partial charge in [-0.2, -0.15) is 0 Å². The highest BCUT2D eigenvalue weighted by molar-refractivity contribution is 5.67. The maximum absolute atomic E-state index is 11.0. The van der Waals surface area contributed by atoms with Gasteiger partial charge in [-0.05, 0) is 28.5 Å². The molecule has 0 aliphatic carbocycles. The summed E-state index contributed by atoms with van der Waals surface area (Å²) >= 11 is 0. The smallest absolute Gasteiger partial charge is 0.305 e. The van der Waals surface area contributed by atoms with E-state index in [1.165, 1.54) is 0 Å². The highest BCUT2D eigenvalue weighted by Gasteiger charge is 2.24. The lowest BCUT2D eigenvalue weighted by Gasteiger charge is -2.20. The van der Waals surface area contributed by atoms with Crippen molar-refractivity contribution in [2.24, 2.45) is 5.92 Å². The molecule has 2 aromatic rings. The van der Waals surface area contributed by atoms with E-state index in [1.54, 1.807) is 29.2 Å². The second-order valence-corrected chi connectivity index (χ2v) is 4.59. The van der Waals surface area contributed by atoms with E-state index in [4.69, 9.17) is 5.11 Å². The number of carboxylic acid groups (broad SMARTS) is 1. The molecule has 2 rings (SSSR count). The van der Waals surface area contributed by atoms with Gasteiger partial charge in [-0.15, -0.1) is 5.10 Å². The normalized spacial score (nSPS) is 12.6.